The molecule has 0 bridgehead atoms. The largest absolute Gasteiger partial charge is 0.489 e. The van der Waals surface area contributed by atoms with E-state index in [4.69, 9.17) is 14.1 Å². The van der Waals surface area contributed by atoms with Gasteiger partial charge in [0.05, 0.1) is 11.3 Å². The molecule has 148 valence electrons. The molecule has 0 radical (unpaired) electrons. The molecule has 0 fully saturated rings. The maximum absolute atomic E-state index is 11.3. The van der Waals surface area contributed by atoms with Crippen molar-refractivity contribution in [3.63, 3.8) is 0 Å². The minimum absolute atomic E-state index is 0.00593. The van der Waals surface area contributed by atoms with Crippen molar-refractivity contribution < 1.29 is 19.1 Å². The predicted octanol–water partition coefficient (Wildman–Crippen LogP) is 6.13. The monoisotopic (exact) mass is 407 g/mol. The van der Waals surface area contributed by atoms with Crippen molar-refractivity contribution in [3.8, 4) is 16.5 Å². The minimum Gasteiger partial charge on any atom is -0.489 e. The molecule has 0 aliphatic heterocycles. The Kier molecular flexibility index (Phi) is 4.88. The van der Waals surface area contributed by atoms with Gasteiger partial charge in [-0.25, -0.2) is 9.78 Å². The second-order valence-electron chi connectivity index (χ2n) is 7.85. The van der Waals surface area contributed by atoms with E-state index >= 15 is 0 Å². The number of benzene rings is 2. The first-order valence-corrected chi connectivity index (χ1v) is 10.1. The van der Waals surface area contributed by atoms with Crippen molar-refractivity contribution in [2.45, 2.75) is 32.8 Å². The van der Waals surface area contributed by atoms with E-state index in [2.05, 4.69) is 26.2 Å². The summed E-state index contributed by atoms with van der Waals surface area (Å²) in [6.07, 6.45) is 0. The quantitative estimate of drug-likeness (QED) is 0.431. The molecule has 29 heavy (non-hydrogen) atoms. The van der Waals surface area contributed by atoms with Gasteiger partial charge >= 0.3 is 5.97 Å². The van der Waals surface area contributed by atoms with E-state index < -0.39 is 5.97 Å². The number of thiazole rings is 1. The SMILES string of the molecule is CC(C)(C)c1csc(-c2cc3cc(OCc4ccccc4C(=O)O)ccc3o2)n1. The van der Waals surface area contributed by atoms with E-state index in [1.807, 2.05) is 24.3 Å². The van der Waals surface area contributed by atoms with Crippen molar-refractivity contribution in [2.24, 2.45) is 0 Å². The molecule has 0 saturated carbocycles. The number of carbonyl (C=O) groups is 1. The molecule has 0 amide bonds. The lowest BCUT2D eigenvalue weighted by Gasteiger charge is -2.13. The Labute approximate surface area is 172 Å². The van der Waals surface area contributed by atoms with Crippen LogP contribution in [0.25, 0.3) is 21.7 Å². The van der Waals surface area contributed by atoms with Crippen LogP contribution >= 0.6 is 11.3 Å². The molecule has 2 aromatic carbocycles. The molecule has 0 aliphatic rings. The second kappa shape index (κ2) is 7.37. The summed E-state index contributed by atoms with van der Waals surface area (Å²) in [7, 11) is 0. The first kappa shape index (κ1) is 19.2. The molecule has 2 aromatic heterocycles. The average Bonchev–Trinajstić information content (AvgIpc) is 3.32. The number of ether oxygens (including phenoxy) is 1. The van der Waals surface area contributed by atoms with Crippen LogP contribution in [0.4, 0.5) is 0 Å². The Morgan fingerprint density at radius 3 is 2.69 bits per heavy atom. The van der Waals surface area contributed by atoms with Crippen molar-refractivity contribution in [1.29, 1.82) is 0 Å². The summed E-state index contributed by atoms with van der Waals surface area (Å²) in [5.74, 6) is 0.422. The molecule has 0 unspecified atom stereocenters. The van der Waals surface area contributed by atoms with E-state index in [1.165, 1.54) is 0 Å². The van der Waals surface area contributed by atoms with Crippen LogP contribution in [0.15, 0.2) is 58.3 Å². The summed E-state index contributed by atoms with van der Waals surface area (Å²) in [6.45, 7) is 6.59. The molecule has 1 N–H and O–H groups in total. The number of carboxylic acids is 1. The van der Waals surface area contributed by atoms with Gasteiger partial charge < -0.3 is 14.3 Å². The molecular weight excluding hydrogens is 386 g/mol. The molecule has 0 aliphatic carbocycles. The van der Waals surface area contributed by atoms with Gasteiger partial charge in [0, 0.05) is 21.7 Å². The summed E-state index contributed by atoms with van der Waals surface area (Å²) in [5.41, 5.74) is 2.67. The molecule has 6 heteroatoms. The highest BCUT2D eigenvalue weighted by Gasteiger charge is 2.19. The van der Waals surface area contributed by atoms with Crippen LogP contribution in [0.2, 0.25) is 0 Å². The van der Waals surface area contributed by atoms with Gasteiger partial charge in [-0.3, -0.25) is 0 Å². The maximum Gasteiger partial charge on any atom is 0.336 e. The van der Waals surface area contributed by atoms with Crippen molar-refractivity contribution in [3.05, 3.63) is 70.7 Å². The van der Waals surface area contributed by atoms with Gasteiger partial charge in [0.25, 0.3) is 0 Å². The lowest BCUT2D eigenvalue weighted by atomic mass is 9.93. The smallest absolute Gasteiger partial charge is 0.336 e. The highest BCUT2D eigenvalue weighted by Crippen LogP contribution is 2.34. The van der Waals surface area contributed by atoms with Gasteiger partial charge in [0.1, 0.15) is 17.9 Å². The highest BCUT2D eigenvalue weighted by atomic mass is 32.1. The first-order chi connectivity index (χ1) is 13.8. The third-order valence-electron chi connectivity index (χ3n) is 4.61. The molecule has 4 aromatic rings. The molecular formula is C23H21NO4S. The Morgan fingerprint density at radius 2 is 1.97 bits per heavy atom. The number of carboxylic acid groups (broad SMARTS) is 1. The highest BCUT2D eigenvalue weighted by molar-refractivity contribution is 7.13. The zero-order valence-electron chi connectivity index (χ0n) is 16.4. The van der Waals surface area contributed by atoms with Gasteiger partial charge in [-0.2, -0.15) is 0 Å². The summed E-state index contributed by atoms with van der Waals surface area (Å²) < 4.78 is 11.8. The Bertz CT molecular complexity index is 1180. The number of furan rings is 1. The van der Waals surface area contributed by atoms with Crippen LogP contribution in [0.3, 0.4) is 0 Å². The van der Waals surface area contributed by atoms with E-state index in [-0.39, 0.29) is 17.6 Å². The number of fused-ring (bicyclic) bond motifs is 1. The van der Waals surface area contributed by atoms with Gasteiger partial charge in [-0.1, -0.05) is 39.0 Å². The fraction of sp³-hybridized carbons (Fsp3) is 0.217. The molecule has 4 rings (SSSR count). The topological polar surface area (TPSA) is 72.6 Å². The third kappa shape index (κ3) is 4.03. The Hall–Kier alpha value is -3.12. The van der Waals surface area contributed by atoms with E-state index in [1.54, 1.807) is 35.6 Å². The third-order valence-corrected chi connectivity index (χ3v) is 5.47. The van der Waals surface area contributed by atoms with E-state index in [0.717, 1.165) is 27.4 Å². The van der Waals surface area contributed by atoms with Crippen molar-refractivity contribution in [1.82, 2.24) is 4.98 Å². The van der Waals surface area contributed by atoms with Gasteiger partial charge in [-0.05, 0) is 30.3 Å². The number of hydrogen-bond donors (Lipinski definition) is 1. The lowest BCUT2D eigenvalue weighted by molar-refractivity contribution is 0.0694. The number of nitrogens with zero attached hydrogens (tertiary/aromatic N) is 1. The Morgan fingerprint density at radius 1 is 1.17 bits per heavy atom. The van der Waals surface area contributed by atoms with Crippen LogP contribution in [-0.4, -0.2) is 16.1 Å². The van der Waals surface area contributed by atoms with Crippen molar-refractivity contribution >= 4 is 28.3 Å². The van der Waals surface area contributed by atoms with Gasteiger partial charge in [0.15, 0.2) is 10.8 Å². The second-order valence-corrected chi connectivity index (χ2v) is 8.71. The standard InChI is InChI=1S/C23H21NO4S/c1-23(2,3)20-13-29-21(24-20)19-11-15-10-16(8-9-18(15)28-19)27-12-14-6-4-5-7-17(14)22(25)26/h4-11,13H,12H2,1-3H3,(H,25,26). The van der Waals surface area contributed by atoms with Crippen LogP contribution in [0, 0.1) is 0 Å². The van der Waals surface area contributed by atoms with Gasteiger partial charge in [0.2, 0.25) is 0 Å². The average molecular weight is 407 g/mol. The van der Waals surface area contributed by atoms with Crippen LogP contribution in [0.1, 0.15) is 42.4 Å². The van der Waals surface area contributed by atoms with Crippen LogP contribution in [0.5, 0.6) is 5.75 Å². The first-order valence-electron chi connectivity index (χ1n) is 9.25. The molecule has 0 saturated heterocycles. The number of hydrogen-bond acceptors (Lipinski definition) is 5. The van der Waals surface area contributed by atoms with E-state index in [0.29, 0.717) is 11.3 Å². The summed E-state index contributed by atoms with van der Waals surface area (Å²) >= 11 is 1.57. The summed E-state index contributed by atoms with van der Waals surface area (Å²) in [6, 6.07) is 14.4. The normalized spacial score (nSPS) is 11.7. The fourth-order valence-corrected chi connectivity index (χ4v) is 3.96. The zero-order chi connectivity index (χ0) is 20.6. The molecule has 5 nitrogen and oxygen atoms in total. The minimum atomic E-state index is -0.961. The lowest BCUT2D eigenvalue weighted by Crippen LogP contribution is -2.11. The van der Waals surface area contributed by atoms with Crippen LogP contribution < -0.4 is 4.74 Å². The Balaban J connectivity index is 1.56. The predicted molar refractivity (Wildman–Crippen MR) is 114 cm³/mol. The summed E-state index contributed by atoms with van der Waals surface area (Å²) in [5, 5.41) is 13.1. The van der Waals surface area contributed by atoms with Gasteiger partial charge in [-0.15, -0.1) is 11.3 Å². The van der Waals surface area contributed by atoms with E-state index in [9.17, 15) is 9.90 Å². The zero-order valence-corrected chi connectivity index (χ0v) is 17.2. The number of aromatic nitrogens is 1. The number of aromatic carboxylic acids is 1. The van der Waals surface area contributed by atoms with Crippen molar-refractivity contribution in [2.75, 3.05) is 0 Å². The maximum atomic E-state index is 11.3. The molecule has 0 spiro atoms. The summed E-state index contributed by atoms with van der Waals surface area (Å²) in [4.78, 5) is 16.0. The van der Waals surface area contributed by atoms with Crippen LogP contribution in [-0.2, 0) is 12.0 Å². The molecule has 0 atom stereocenters. The fourth-order valence-electron chi connectivity index (χ4n) is 2.96. The number of rotatable bonds is 5. The molecule has 2 heterocycles.